The molecule has 1 rings (SSSR count). The monoisotopic (exact) mass is 355 g/mol. The molecule has 0 aromatic rings. The zero-order chi connectivity index (χ0) is 18.9. The van der Waals surface area contributed by atoms with E-state index in [4.69, 9.17) is 4.74 Å². The second-order valence-corrected chi connectivity index (χ2v) is 8.14. The van der Waals surface area contributed by atoms with E-state index in [0.29, 0.717) is 13.1 Å². The molecule has 7 nitrogen and oxygen atoms in total. The smallest absolute Gasteiger partial charge is 0.407 e. The normalized spacial score (nSPS) is 17.1. The van der Waals surface area contributed by atoms with Gasteiger partial charge in [-0.15, -0.1) is 0 Å². The molecule has 7 heteroatoms. The van der Waals surface area contributed by atoms with Gasteiger partial charge in [-0.3, -0.25) is 9.89 Å². The van der Waals surface area contributed by atoms with Crippen LogP contribution >= 0.6 is 0 Å². The zero-order valence-electron chi connectivity index (χ0n) is 16.9. The number of piperidine rings is 1. The zero-order valence-corrected chi connectivity index (χ0v) is 16.9. The fourth-order valence-corrected chi connectivity index (χ4v) is 2.79. The molecule has 0 aromatic carbocycles. The minimum Gasteiger partial charge on any atom is -0.444 e. The Bertz CT molecular complexity index is 437. The first kappa shape index (κ1) is 21.5. The number of nitrogens with one attached hydrogen (secondary N) is 3. The fraction of sp³-hybridized carbons (Fsp3) is 0.889. The highest BCUT2D eigenvalue weighted by Crippen LogP contribution is 2.19. The molecule has 0 atom stereocenters. The molecule has 1 aliphatic heterocycles. The lowest BCUT2D eigenvalue weighted by Crippen LogP contribution is -2.55. The van der Waals surface area contributed by atoms with E-state index in [1.165, 1.54) is 32.4 Å². The van der Waals surface area contributed by atoms with Crippen molar-refractivity contribution in [1.29, 1.82) is 0 Å². The Balaban J connectivity index is 2.27. The van der Waals surface area contributed by atoms with Crippen LogP contribution in [0.1, 0.15) is 53.9 Å². The Morgan fingerprint density at radius 1 is 1.00 bits per heavy atom. The number of hydrogen-bond donors (Lipinski definition) is 3. The number of amides is 1. The molecular weight excluding hydrogens is 318 g/mol. The largest absolute Gasteiger partial charge is 0.444 e. The van der Waals surface area contributed by atoms with Gasteiger partial charge in [0, 0.05) is 32.2 Å². The molecule has 1 aliphatic rings. The Hall–Kier alpha value is -1.50. The second-order valence-electron chi connectivity index (χ2n) is 8.14. The molecule has 0 saturated carbocycles. The van der Waals surface area contributed by atoms with Gasteiger partial charge in [-0.2, -0.15) is 0 Å². The van der Waals surface area contributed by atoms with Crippen LogP contribution < -0.4 is 16.0 Å². The molecule has 25 heavy (non-hydrogen) atoms. The summed E-state index contributed by atoms with van der Waals surface area (Å²) < 4.78 is 5.20. The van der Waals surface area contributed by atoms with Crippen LogP contribution in [0.15, 0.2) is 4.99 Å². The van der Waals surface area contributed by atoms with Gasteiger partial charge in [0.15, 0.2) is 5.96 Å². The molecule has 3 N–H and O–H groups in total. The number of guanidine groups is 1. The van der Waals surface area contributed by atoms with E-state index >= 15 is 0 Å². The SMILES string of the molecule is CN=C(NCCNC(=O)OC(C)(C)C)NCC(C)(C)N1CCCCC1. The number of carbonyl (C=O) groups is 1. The molecule has 0 aliphatic carbocycles. The van der Waals surface area contributed by atoms with Gasteiger partial charge in [-0.25, -0.2) is 4.79 Å². The number of rotatable bonds is 6. The molecule has 0 spiro atoms. The Morgan fingerprint density at radius 2 is 1.60 bits per heavy atom. The Morgan fingerprint density at radius 3 is 2.16 bits per heavy atom. The molecule has 1 amide bonds. The fourth-order valence-electron chi connectivity index (χ4n) is 2.79. The Kier molecular flexibility index (Phi) is 8.48. The molecule has 0 bridgehead atoms. The van der Waals surface area contributed by atoms with E-state index in [0.717, 1.165) is 12.5 Å². The third kappa shape index (κ3) is 8.95. The lowest BCUT2D eigenvalue weighted by molar-refractivity contribution is 0.0529. The average Bonchev–Trinajstić information content (AvgIpc) is 2.53. The summed E-state index contributed by atoms with van der Waals surface area (Å²) in [6.45, 7) is 14.3. The lowest BCUT2D eigenvalue weighted by atomic mass is 9.98. The molecule has 0 radical (unpaired) electrons. The third-order valence-corrected chi connectivity index (χ3v) is 4.21. The van der Waals surface area contributed by atoms with Crippen molar-refractivity contribution in [2.24, 2.45) is 4.99 Å². The van der Waals surface area contributed by atoms with Crippen LogP contribution in [-0.2, 0) is 4.74 Å². The molecule has 1 saturated heterocycles. The van der Waals surface area contributed by atoms with Crippen molar-refractivity contribution in [1.82, 2.24) is 20.9 Å². The standard InChI is InChI=1S/C18H37N5O2/c1-17(2,3)25-16(24)21-11-10-20-15(19-6)22-14-18(4,5)23-12-8-7-9-13-23/h7-14H2,1-6H3,(H,21,24)(H2,19,20,22). The summed E-state index contributed by atoms with van der Waals surface area (Å²) in [5, 5.41) is 9.33. The van der Waals surface area contributed by atoms with Gasteiger partial charge >= 0.3 is 6.09 Å². The van der Waals surface area contributed by atoms with E-state index in [-0.39, 0.29) is 5.54 Å². The van der Waals surface area contributed by atoms with Crippen molar-refractivity contribution in [3.05, 3.63) is 0 Å². The van der Waals surface area contributed by atoms with Crippen LogP contribution in [0.5, 0.6) is 0 Å². The summed E-state index contributed by atoms with van der Waals surface area (Å²) >= 11 is 0. The van der Waals surface area contributed by atoms with E-state index in [9.17, 15) is 4.79 Å². The van der Waals surface area contributed by atoms with Gasteiger partial charge in [0.2, 0.25) is 0 Å². The number of likely N-dealkylation sites (tertiary alicyclic amines) is 1. The van der Waals surface area contributed by atoms with E-state index in [1.54, 1.807) is 7.05 Å². The van der Waals surface area contributed by atoms with E-state index in [1.807, 2.05) is 20.8 Å². The van der Waals surface area contributed by atoms with Gasteiger partial charge in [-0.05, 0) is 60.5 Å². The third-order valence-electron chi connectivity index (χ3n) is 4.21. The summed E-state index contributed by atoms with van der Waals surface area (Å²) in [5.74, 6) is 0.746. The Labute approximate surface area is 153 Å². The minimum absolute atomic E-state index is 0.0901. The van der Waals surface area contributed by atoms with Crippen LogP contribution in [0.25, 0.3) is 0 Å². The molecular formula is C18H37N5O2. The maximum atomic E-state index is 11.6. The highest BCUT2D eigenvalue weighted by Gasteiger charge is 2.27. The predicted molar refractivity (Wildman–Crippen MR) is 103 cm³/mol. The highest BCUT2D eigenvalue weighted by atomic mass is 16.6. The van der Waals surface area contributed by atoms with Crippen LogP contribution in [0, 0.1) is 0 Å². The van der Waals surface area contributed by atoms with Gasteiger partial charge in [0.05, 0.1) is 0 Å². The van der Waals surface area contributed by atoms with Crippen molar-refractivity contribution in [3.63, 3.8) is 0 Å². The topological polar surface area (TPSA) is 78.0 Å². The summed E-state index contributed by atoms with van der Waals surface area (Å²) in [6.07, 6.45) is 3.51. The van der Waals surface area contributed by atoms with Gasteiger partial charge in [0.25, 0.3) is 0 Å². The van der Waals surface area contributed by atoms with Crippen LogP contribution in [0.4, 0.5) is 4.79 Å². The van der Waals surface area contributed by atoms with Crippen molar-refractivity contribution in [2.45, 2.75) is 65.0 Å². The van der Waals surface area contributed by atoms with Gasteiger partial charge in [-0.1, -0.05) is 6.42 Å². The van der Waals surface area contributed by atoms with Crippen LogP contribution in [0.3, 0.4) is 0 Å². The molecule has 146 valence electrons. The number of carbonyl (C=O) groups excluding carboxylic acids is 1. The van der Waals surface area contributed by atoms with Crippen molar-refractivity contribution in [3.8, 4) is 0 Å². The van der Waals surface area contributed by atoms with E-state index in [2.05, 4.69) is 39.7 Å². The first-order chi connectivity index (χ1) is 11.6. The summed E-state index contributed by atoms with van der Waals surface area (Å²) in [4.78, 5) is 18.4. The molecule has 1 heterocycles. The quantitative estimate of drug-likeness (QED) is 0.386. The van der Waals surface area contributed by atoms with Crippen molar-refractivity contribution >= 4 is 12.1 Å². The maximum absolute atomic E-state index is 11.6. The lowest BCUT2D eigenvalue weighted by Gasteiger charge is -2.41. The van der Waals surface area contributed by atoms with Gasteiger partial charge in [0.1, 0.15) is 5.60 Å². The number of aliphatic imine (C=N–C) groups is 1. The maximum Gasteiger partial charge on any atom is 0.407 e. The van der Waals surface area contributed by atoms with Crippen molar-refractivity contribution in [2.75, 3.05) is 39.8 Å². The predicted octanol–water partition coefficient (Wildman–Crippen LogP) is 1.94. The second kappa shape index (κ2) is 9.85. The number of nitrogens with zero attached hydrogens (tertiary/aromatic N) is 2. The molecule has 0 unspecified atom stereocenters. The van der Waals surface area contributed by atoms with Crippen LogP contribution in [-0.4, -0.2) is 67.9 Å². The van der Waals surface area contributed by atoms with Crippen LogP contribution in [0.2, 0.25) is 0 Å². The van der Waals surface area contributed by atoms with Gasteiger partial charge < -0.3 is 20.7 Å². The molecule has 0 aromatic heterocycles. The van der Waals surface area contributed by atoms with E-state index < -0.39 is 11.7 Å². The minimum atomic E-state index is -0.477. The number of ether oxygens (including phenoxy) is 1. The average molecular weight is 356 g/mol. The first-order valence-electron chi connectivity index (χ1n) is 9.30. The first-order valence-corrected chi connectivity index (χ1v) is 9.30. The summed E-state index contributed by atoms with van der Waals surface area (Å²) in [7, 11) is 1.75. The highest BCUT2D eigenvalue weighted by molar-refractivity contribution is 5.79. The summed E-state index contributed by atoms with van der Waals surface area (Å²) in [5.41, 5.74) is -0.387. The van der Waals surface area contributed by atoms with Crippen molar-refractivity contribution < 1.29 is 9.53 Å². The summed E-state index contributed by atoms with van der Waals surface area (Å²) in [6, 6.07) is 0. The number of hydrogen-bond acceptors (Lipinski definition) is 4. The molecule has 1 fully saturated rings. The number of alkyl carbamates (subject to hydrolysis) is 1.